The normalized spacial score (nSPS) is 10.3. The van der Waals surface area contributed by atoms with Gasteiger partial charge in [-0.2, -0.15) is 0 Å². The highest BCUT2D eigenvalue weighted by Gasteiger charge is 2.01. The van der Waals surface area contributed by atoms with E-state index in [4.69, 9.17) is 11.5 Å². The van der Waals surface area contributed by atoms with Crippen LogP contribution >= 0.6 is 11.3 Å². The molecule has 4 nitrogen and oxygen atoms in total. The number of nitrogens with one attached hydrogen (secondary N) is 1. The van der Waals surface area contributed by atoms with Gasteiger partial charge in [0.2, 0.25) is 0 Å². The Morgan fingerprint density at radius 2 is 2.12 bits per heavy atom. The highest BCUT2D eigenvalue weighted by Crippen LogP contribution is 2.21. The number of nitrogens with zero attached hydrogens (tertiary/aromatic N) is 1. The molecule has 0 fully saturated rings. The molecular weight excluding hydrogens is 220 g/mol. The molecule has 2 aromatic rings. The number of nitrogen functional groups attached to an aromatic ring is 2. The molecular formula is C11H14N4S. The summed E-state index contributed by atoms with van der Waals surface area (Å²) in [5, 5.41) is 3.29. The maximum atomic E-state index is 5.72. The summed E-state index contributed by atoms with van der Waals surface area (Å²) < 4.78 is 0. The van der Waals surface area contributed by atoms with E-state index in [1.165, 1.54) is 4.88 Å². The van der Waals surface area contributed by atoms with Gasteiger partial charge in [0, 0.05) is 10.6 Å². The van der Waals surface area contributed by atoms with Crippen LogP contribution in [-0.2, 0) is 6.54 Å². The summed E-state index contributed by atoms with van der Waals surface area (Å²) in [5.41, 5.74) is 16.5. The van der Waals surface area contributed by atoms with Crippen LogP contribution in [0.5, 0.6) is 0 Å². The van der Waals surface area contributed by atoms with Crippen molar-refractivity contribution in [3.8, 4) is 0 Å². The van der Waals surface area contributed by atoms with Gasteiger partial charge in [-0.25, -0.2) is 4.98 Å². The summed E-state index contributed by atoms with van der Waals surface area (Å²) in [5.74, 6) is 0. The van der Waals surface area contributed by atoms with Crippen LogP contribution in [0.1, 0.15) is 10.6 Å². The van der Waals surface area contributed by atoms with E-state index in [2.05, 4.69) is 10.3 Å². The van der Waals surface area contributed by atoms with Crippen molar-refractivity contribution in [3.63, 3.8) is 0 Å². The summed E-state index contributed by atoms with van der Waals surface area (Å²) in [6.45, 7) is 2.77. The molecule has 1 aromatic heterocycles. The van der Waals surface area contributed by atoms with Gasteiger partial charge in [-0.05, 0) is 25.1 Å². The second-order valence-corrected chi connectivity index (χ2v) is 4.50. The molecule has 2 rings (SSSR count). The molecule has 84 valence electrons. The highest BCUT2D eigenvalue weighted by atomic mass is 32.1. The summed E-state index contributed by atoms with van der Waals surface area (Å²) >= 11 is 1.65. The Kier molecular flexibility index (Phi) is 2.96. The number of aryl methyl sites for hydroxylation is 1. The molecule has 0 saturated carbocycles. The number of rotatable bonds is 3. The number of aromatic nitrogens is 1. The fourth-order valence-corrected chi connectivity index (χ4v) is 2.08. The number of anilines is 3. The first-order valence-electron chi connectivity index (χ1n) is 4.94. The third-order valence-corrected chi connectivity index (χ3v) is 3.32. The summed E-state index contributed by atoms with van der Waals surface area (Å²) in [6, 6.07) is 5.56. The lowest BCUT2D eigenvalue weighted by atomic mass is 10.2. The molecule has 0 bridgehead atoms. The smallest absolute Gasteiger partial charge is 0.0798 e. The standard InChI is InChI=1S/C11H14N4S/c1-7-11(16-6-15-7)5-14-8-2-3-9(12)10(13)4-8/h2-4,6,14H,5,12-13H2,1H3. The van der Waals surface area contributed by atoms with E-state index in [0.717, 1.165) is 17.9 Å². The van der Waals surface area contributed by atoms with E-state index in [0.29, 0.717) is 11.4 Å². The van der Waals surface area contributed by atoms with Gasteiger partial charge >= 0.3 is 0 Å². The van der Waals surface area contributed by atoms with E-state index in [1.54, 1.807) is 17.4 Å². The number of benzene rings is 1. The van der Waals surface area contributed by atoms with Gasteiger partial charge in [0.15, 0.2) is 0 Å². The molecule has 0 atom stereocenters. The number of thiazole rings is 1. The lowest BCUT2D eigenvalue weighted by molar-refractivity contribution is 1.12. The Balaban J connectivity index is 2.05. The van der Waals surface area contributed by atoms with E-state index in [1.807, 2.05) is 24.6 Å². The average molecular weight is 234 g/mol. The largest absolute Gasteiger partial charge is 0.397 e. The van der Waals surface area contributed by atoms with Gasteiger partial charge in [0.05, 0.1) is 29.1 Å². The Morgan fingerprint density at radius 3 is 2.75 bits per heavy atom. The van der Waals surface area contributed by atoms with Crippen molar-refractivity contribution in [3.05, 3.63) is 34.3 Å². The number of nitrogens with two attached hydrogens (primary N) is 2. The second kappa shape index (κ2) is 4.40. The Morgan fingerprint density at radius 1 is 1.31 bits per heavy atom. The van der Waals surface area contributed by atoms with Crippen LogP contribution in [0, 0.1) is 6.92 Å². The highest BCUT2D eigenvalue weighted by molar-refractivity contribution is 7.09. The maximum absolute atomic E-state index is 5.72. The van der Waals surface area contributed by atoms with Gasteiger partial charge in [0.1, 0.15) is 0 Å². The van der Waals surface area contributed by atoms with E-state index >= 15 is 0 Å². The molecule has 0 aliphatic heterocycles. The SMILES string of the molecule is Cc1ncsc1CNc1ccc(N)c(N)c1. The van der Waals surface area contributed by atoms with Gasteiger partial charge in [0.25, 0.3) is 0 Å². The van der Waals surface area contributed by atoms with Gasteiger partial charge in [-0.3, -0.25) is 0 Å². The third-order valence-electron chi connectivity index (χ3n) is 2.38. The van der Waals surface area contributed by atoms with E-state index in [9.17, 15) is 0 Å². The molecule has 0 aliphatic rings. The van der Waals surface area contributed by atoms with Crippen molar-refractivity contribution >= 4 is 28.4 Å². The zero-order valence-electron chi connectivity index (χ0n) is 9.03. The Bertz CT molecular complexity index is 492. The van der Waals surface area contributed by atoms with Crippen molar-refractivity contribution in [2.24, 2.45) is 0 Å². The summed E-state index contributed by atoms with van der Waals surface area (Å²) in [4.78, 5) is 5.43. The first-order valence-corrected chi connectivity index (χ1v) is 5.82. The van der Waals surface area contributed by atoms with Crippen LogP contribution in [0.15, 0.2) is 23.7 Å². The summed E-state index contributed by atoms with van der Waals surface area (Å²) in [7, 11) is 0. The minimum atomic E-state index is 0.603. The van der Waals surface area contributed by atoms with Gasteiger partial charge in [-0.1, -0.05) is 0 Å². The van der Waals surface area contributed by atoms with E-state index in [-0.39, 0.29) is 0 Å². The van der Waals surface area contributed by atoms with Crippen LogP contribution in [0.2, 0.25) is 0 Å². The lowest BCUT2D eigenvalue weighted by Gasteiger charge is -2.07. The first kappa shape index (κ1) is 10.8. The lowest BCUT2D eigenvalue weighted by Crippen LogP contribution is -2.01. The Labute approximate surface area is 98.3 Å². The monoisotopic (exact) mass is 234 g/mol. The molecule has 1 aromatic carbocycles. The topological polar surface area (TPSA) is 77.0 Å². The minimum absolute atomic E-state index is 0.603. The molecule has 16 heavy (non-hydrogen) atoms. The van der Waals surface area contributed by atoms with Crippen LogP contribution in [0.25, 0.3) is 0 Å². The minimum Gasteiger partial charge on any atom is -0.397 e. The van der Waals surface area contributed by atoms with Crippen LogP contribution in [0.4, 0.5) is 17.1 Å². The zero-order valence-corrected chi connectivity index (χ0v) is 9.84. The van der Waals surface area contributed by atoms with E-state index < -0.39 is 0 Å². The van der Waals surface area contributed by atoms with Crippen molar-refractivity contribution in [2.75, 3.05) is 16.8 Å². The third kappa shape index (κ3) is 2.25. The van der Waals surface area contributed by atoms with Gasteiger partial charge < -0.3 is 16.8 Å². The molecule has 0 saturated heterocycles. The molecule has 5 N–H and O–H groups in total. The van der Waals surface area contributed by atoms with Crippen molar-refractivity contribution < 1.29 is 0 Å². The molecule has 0 radical (unpaired) electrons. The van der Waals surface area contributed by atoms with Crippen LogP contribution in [-0.4, -0.2) is 4.98 Å². The average Bonchev–Trinajstić information content (AvgIpc) is 2.66. The zero-order chi connectivity index (χ0) is 11.5. The van der Waals surface area contributed by atoms with Crippen molar-refractivity contribution in [2.45, 2.75) is 13.5 Å². The number of hydrogen-bond acceptors (Lipinski definition) is 5. The number of hydrogen-bond donors (Lipinski definition) is 3. The quantitative estimate of drug-likeness (QED) is 0.712. The predicted octanol–water partition coefficient (Wildman–Crippen LogP) is 2.23. The van der Waals surface area contributed by atoms with Crippen molar-refractivity contribution in [1.29, 1.82) is 0 Å². The molecule has 0 unspecified atom stereocenters. The predicted molar refractivity (Wildman–Crippen MR) is 69.4 cm³/mol. The molecule has 5 heteroatoms. The van der Waals surface area contributed by atoms with Gasteiger partial charge in [-0.15, -0.1) is 11.3 Å². The molecule has 1 heterocycles. The second-order valence-electron chi connectivity index (χ2n) is 3.56. The fraction of sp³-hybridized carbons (Fsp3) is 0.182. The molecule has 0 aliphatic carbocycles. The van der Waals surface area contributed by atoms with Crippen molar-refractivity contribution in [1.82, 2.24) is 4.98 Å². The molecule has 0 amide bonds. The fourth-order valence-electron chi connectivity index (χ4n) is 1.36. The molecule has 0 spiro atoms. The maximum Gasteiger partial charge on any atom is 0.0798 e. The van der Waals surface area contributed by atoms with Crippen LogP contribution < -0.4 is 16.8 Å². The summed E-state index contributed by atoms with van der Waals surface area (Å²) in [6.07, 6.45) is 0. The Hall–Kier alpha value is -1.75. The first-order chi connectivity index (χ1) is 7.66. The van der Waals surface area contributed by atoms with Crippen LogP contribution in [0.3, 0.4) is 0 Å².